The second-order valence-corrected chi connectivity index (χ2v) is 8.97. The molecule has 0 fully saturated rings. The molecule has 0 spiro atoms. The van der Waals surface area contributed by atoms with Gasteiger partial charge in [-0.25, -0.2) is 4.98 Å². The average Bonchev–Trinajstić information content (AvgIpc) is 3.21. The average molecular weight is 374 g/mol. The fourth-order valence-electron chi connectivity index (χ4n) is 3.57. The minimum atomic E-state index is 0.0905. The van der Waals surface area contributed by atoms with Gasteiger partial charge in [0.05, 0.1) is 5.39 Å². The molecule has 25 heavy (non-hydrogen) atoms. The van der Waals surface area contributed by atoms with E-state index in [9.17, 15) is 4.79 Å². The molecule has 1 aliphatic rings. The van der Waals surface area contributed by atoms with E-state index < -0.39 is 0 Å². The minimum absolute atomic E-state index is 0.0905. The Morgan fingerprint density at radius 2 is 2.16 bits per heavy atom. The van der Waals surface area contributed by atoms with E-state index in [1.54, 1.807) is 22.7 Å². The molecule has 0 amide bonds. The van der Waals surface area contributed by atoms with Crippen LogP contribution in [0.1, 0.15) is 48.0 Å². The maximum absolute atomic E-state index is 13.2. The Labute approximate surface area is 155 Å². The molecule has 0 saturated heterocycles. The number of hydrogen-bond acceptors (Lipinski definition) is 5. The number of hydrogen-bond donors (Lipinski definition) is 1. The van der Waals surface area contributed by atoms with Crippen molar-refractivity contribution in [3.8, 4) is 0 Å². The van der Waals surface area contributed by atoms with Crippen LogP contribution in [-0.4, -0.2) is 16.1 Å². The van der Waals surface area contributed by atoms with Gasteiger partial charge in [0, 0.05) is 22.3 Å². The molecule has 0 radical (unpaired) electrons. The number of nitrogens with zero attached hydrogens (tertiary/aromatic N) is 2. The summed E-state index contributed by atoms with van der Waals surface area (Å²) < 4.78 is 1.83. The first-order chi connectivity index (χ1) is 12.1. The van der Waals surface area contributed by atoms with Crippen molar-refractivity contribution in [1.29, 1.82) is 0 Å². The molecule has 0 unspecified atom stereocenters. The zero-order valence-corrected chi connectivity index (χ0v) is 16.3. The second kappa shape index (κ2) is 6.92. The third kappa shape index (κ3) is 3.13. The lowest BCUT2D eigenvalue weighted by Crippen LogP contribution is -2.27. The van der Waals surface area contributed by atoms with Crippen LogP contribution in [0.25, 0.3) is 10.2 Å². The molecule has 4 rings (SSSR count). The van der Waals surface area contributed by atoms with Gasteiger partial charge in [-0.05, 0) is 63.0 Å². The molecule has 0 atom stereocenters. The quantitative estimate of drug-likeness (QED) is 0.709. The molecule has 0 aromatic carbocycles. The number of nitrogens with one attached hydrogen (secondary N) is 1. The van der Waals surface area contributed by atoms with Gasteiger partial charge in [-0.3, -0.25) is 9.36 Å². The summed E-state index contributed by atoms with van der Waals surface area (Å²) in [5.41, 5.74) is 1.39. The van der Waals surface area contributed by atoms with Crippen molar-refractivity contribution in [2.75, 3.05) is 11.9 Å². The van der Waals surface area contributed by atoms with Gasteiger partial charge in [-0.1, -0.05) is 6.07 Å². The summed E-state index contributed by atoms with van der Waals surface area (Å²) in [4.78, 5) is 21.7. The number of fused-ring (bicyclic) bond motifs is 3. The molecule has 132 valence electrons. The van der Waals surface area contributed by atoms with Crippen LogP contribution in [0.2, 0.25) is 0 Å². The van der Waals surface area contributed by atoms with Gasteiger partial charge in [-0.2, -0.15) is 0 Å². The number of anilines is 1. The monoisotopic (exact) mass is 373 g/mol. The molecule has 0 bridgehead atoms. The van der Waals surface area contributed by atoms with Crippen molar-refractivity contribution >= 4 is 38.8 Å². The SMILES string of the molecule is CC(C)n1c(NCCc2cccs2)nc2sc3c(c2c1=O)CCCC3. The summed E-state index contributed by atoms with van der Waals surface area (Å²) >= 11 is 3.48. The molecular formula is C19H23N3OS2. The predicted molar refractivity (Wildman–Crippen MR) is 107 cm³/mol. The smallest absolute Gasteiger partial charge is 0.264 e. The van der Waals surface area contributed by atoms with Gasteiger partial charge in [0.15, 0.2) is 0 Å². The molecule has 4 nitrogen and oxygen atoms in total. The molecular weight excluding hydrogens is 350 g/mol. The lowest BCUT2D eigenvalue weighted by atomic mass is 9.97. The van der Waals surface area contributed by atoms with E-state index in [1.807, 2.05) is 4.57 Å². The molecule has 1 aliphatic carbocycles. The van der Waals surface area contributed by atoms with Gasteiger partial charge < -0.3 is 5.32 Å². The Hall–Kier alpha value is -1.66. The van der Waals surface area contributed by atoms with Crippen molar-refractivity contribution < 1.29 is 0 Å². The Morgan fingerprint density at radius 3 is 2.92 bits per heavy atom. The van der Waals surface area contributed by atoms with Gasteiger partial charge >= 0.3 is 0 Å². The first-order valence-corrected chi connectivity index (χ1v) is 10.7. The standard InChI is InChI=1S/C19H23N3OS2/c1-12(2)22-18(23)16-14-7-3-4-8-15(14)25-17(16)21-19(22)20-10-9-13-6-5-11-24-13/h5-6,11-12H,3-4,7-10H2,1-2H3,(H,20,21). The van der Waals surface area contributed by atoms with E-state index in [2.05, 4.69) is 36.7 Å². The van der Waals surface area contributed by atoms with E-state index in [1.165, 1.54) is 28.2 Å². The highest BCUT2D eigenvalue weighted by Gasteiger charge is 2.22. The van der Waals surface area contributed by atoms with Crippen molar-refractivity contribution in [3.05, 3.63) is 43.2 Å². The van der Waals surface area contributed by atoms with Crippen molar-refractivity contribution in [2.45, 2.75) is 52.0 Å². The van der Waals surface area contributed by atoms with E-state index >= 15 is 0 Å². The van der Waals surface area contributed by atoms with Gasteiger partial charge in [0.1, 0.15) is 4.83 Å². The molecule has 3 aromatic heterocycles. The summed E-state index contributed by atoms with van der Waals surface area (Å²) in [5, 5.41) is 6.38. The molecule has 1 N–H and O–H groups in total. The van der Waals surface area contributed by atoms with Crippen molar-refractivity contribution in [3.63, 3.8) is 0 Å². The Morgan fingerprint density at radius 1 is 1.32 bits per heavy atom. The third-order valence-corrected chi connectivity index (χ3v) is 6.89. The fourth-order valence-corrected chi connectivity index (χ4v) is 5.53. The van der Waals surface area contributed by atoms with E-state index in [4.69, 9.17) is 4.98 Å². The van der Waals surface area contributed by atoms with Crippen LogP contribution in [0.15, 0.2) is 22.3 Å². The largest absolute Gasteiger partial charge is 0.355 e. The van der Waals surface area contributed by atoms with Crippen LogP contribution < -0.4 is 10.9 Å². The van der Waals surface area contributed by atoms with Gasteiger partial charge in [0.25, 0.3) is 5.56 Å². The zero-order chi connectivity index (χ0) is 17.4. The van der Waals surface area contributed by atoms with Crippen molar-refractivity contribution in [2.24, 2.45) is 0 Å². The highest BCUT2D eigenvalue weighted by molar-refractivity contribution is 7.18. The summed E-state index contributed by atoms with van der Waals surface area (Å²) in [6.45, 7) is 4.90. The van der Waals surface area contributed by atoms with Gasteiger partial charge in [0.2, 0.25) is 5.95 Å². The number of aromatic nitrogens is 2. The van der Waals surface area contributed by atoms with Crippen molar-refractivity contribution in [1.82, 2.24) is 9.55 Å². The summed E-state index contributed by atoms with van der Waals surface area (Å²) in [7, 11) is 0. The maximum atomic E-state index is 13.2. The highest BCUT2D eigenvalue weighted by Crippen LogP contribution is 2.34. The van der Waals surface area contributed by atoms with E-state index in [0.717, 1.165) is 36.0 Å². The zero-order valence-electron chi connectivity index (χ0n) is 14.7. The van der Waals surface area contributed by atoms with Crippen LogP contribution in [0.4, 0.5) is 5.95 Å². The molecule has 0 saturated carbocycles. The van der Waals surface area contributed by atoms with Crippen LogP contribution >= 0.6 is 22.7 Å². The topological polar surface area (TPSA) is 46.9 Å². The minimum Gasteiger partial charge on any atom is -0.355 e. The lowest BCUT2D eigenvalue weighted by molar-refractivity contribution is 0.579. The Balaban J connectivity index is 1.72. The van der Waals surface area contributed by atoms with Crippen LogP contribution in [0, 0.1) is 0 Å². The summed E-state index contributed by atoms with van der Waals surface area (Å²) in [6.07, 6.45) is 5.48. The lowest BCUT2D eigenvalue weighted by Gasteiger charge is -2.17. The Kier molecular flexibility index (Phi) is 4.65. The molecule has 0 aliphatic heterocycles. The third-order valence-electron chi connectivity index (χ3n) is 4.77. The van der Waals surface area contributed by atoms with E-state index in [0.29, 0.717) is 5.95 Å². The number of rotatable bonds is 5. The molecule has 6 heteroatoms. The first-order valence-electron chi connectivity index (χ1n) is 8.98. The molecule has 3 heterocycles. The highest BCUT2D eigenvalue weighted by atomic mass is 32.1. The van der Waals surface area contributed by atoms with Crippen LogP contribution in [-0.2, 0) is 19.3 Å². The summed E-state index contributed by atoms with van der Waals surface area (Å²) in [6, 6.07) is 4.31. The number of aryl methyl sites for hydroxylation is 2. The Bertz CT molecular complexity index is 938. The first kappa shape index (κ1) is 16.8. The maximum Gasteiger partial charge on any atom is 0.264 e. The molecule has 3 aromatic rings. The predicted octanol–water partition coefficient (Wildman–Crippen LogP) is 4.63. The second-order valence-electron chi connectivity index (χ2n) is 6.85. The van der Waals surface area contributed by atoms with Gasteiger partial charge in [-0.15, -0.1) is 22.7 Å². The normalized spacial score (nSPS) is 14.2. The summed E-state index contributed by atoms with van der Waals surface area (Å²) in [5.74, 6) is 0.711. The fraction of sp³-hybridized carbons (Fsp3) is 0.474. The van der Waals surface area contributed by atoms with E-state index in [-0.39, 0.29) is 11.6 Å². The number of thiophene rings is 2. The van der Waals surface area contributed by atoms with Crippen LogP contribution in [0.5, 0.6) is 0 Å². The van der Waals surface area contributed by atoms with Crippen LogP contribution in [0.3, 0.4) is 0 Å².